The zero-order valence-corrected chi connectivity index (χ0v) is 8.45. The van der Waals surface area contributed by atoms with E-state index in [1.165, 1.54) is 25.9 Å². The maximum atomic E-state index is 5.80. The Labute approximate surface area is 80.8 Å². The van der Waals surface area contributed by atoms with Crippen LogP contribution >= 0.6 is 0 Å². The van der Waals surface area contributed by atoms with Crippen LogP contribution in [-0.2, 0) is 0 Å². The fourth-order valence-corrected chi connectivity index (χ4v) is 2.67. The van der Waals surface area contributed by atoms with Gasteiger partial charge >= 0.3 is 0 Å². The first-order chi connectivity index (χ1) is 6.25. The summed E-state index contributed by atoms with van der Waals surface area (Å²) in [4.78, 5) is 2.53. The molecule has 3 atom stereocenters. The number of allylic oxidation sites excluding steroid dienone is 2. The summed E-state index contributed by atoms with van der Waals surface area (Å²) in [5.41, 5.74) is 5.80. The van der Waals surface area contributed by atoms with Crippen molar-refractivity contribution in [3.63, 3.8) is 0 Å². The van der Waals surface area contributed by atoms with Crippen LogP contribution < -0.4 is 5.73 Å². The van der Waals surface area contributed by atoms with E-state index in [1.807, 2.05) is 0 Å². The molecule has 13 heavy (non-hydrogen) atoms. The molecule has 1 aliphatic carbocycles. The van der Waals surface area contributed by atoms with Crippen molar-refractivity contribution in [3.8, 4) is 0 Å². The molecule has 0 spiro atoms. The van der Waals surface area contributed by atoms with Crippen LogP contribution in [0, 0.1) is 11.8 Å². The van der Waals surface area contributed by atoms with Gasteiger partial charge in [0.1, 0.15) is 0 Å². The third kappa shape index (κ3) is 2.12. The predicted molar refractivity (Wildman–Crippen MR) is 55.4 cm³/mol. The molecule has 2 rings (SSSR count). The number of nitrogens with zero attached hydrogens (tertiary/aromatic N) is 1. The van der Waals surface area contributed by atoms with E-state index in [-0.39, 0.29) is 0 Å². The van der Waals surface area contributed by atoms with Crippen molar-refractivity contribution >= 4 is 0 Å². The molecule has 1 heterocycles. The monoisotopic (exact) mass is 180 g/mol. The van der Waals surface area contributed by atoms with E-state index in [0.29, 0.717) is 6.04 Å². The zero-order chi connectivity index (χ0) is 9.26. The number of hydrogen-bond acceptors (Lipinski definition) is 2. The number of nitrogens with two attached hydrogens (primary N) is 1. The molecule has 0 aromatic carbocycles. The summed E-state index contributed by atoms with van der Waals surface area (Å²) in [5.74, 6) is 1.84. The van der Waals surface area contributed by atoms with Crippen LogP contribution in [0.15, 0.2) is 12.2 Å². The summed E-state index contributed by atoms with van der Waals surface area (Å²) in [6, 6.07) is 0.327. The Kier molecular flexibility index (Phi) is 2.70. The van der Waals surface area contributed by atoms with Gasteiger partial charge in [-0.25, -0.2) is 0 Å². The van der Waals surface area contributed by atoms with Gasteiger partial charge in [0.15, 0.2) is 0 Å². The quantitative estimate of drug-likeness (QED) is 0.648. The Hall–Kier alpha value is -0.340. The Morgan fingerprint density at radius 2 is 1.85 bits per heavy atom. The second-order valence-corrected chi connectivity index (χ2v) is 4.66. The summed E-state index contributed by atoms with van der Waals surface area (Å²) >= 11 is 0. The molecule has 0 saturated carbocycles. The van der Waals surface area contributed by atoms with Crippen molar-refractivity contribution in [2.45, 2.75) is 25.8 Å². The molecule has 0 radical (unpaired) electrons. The van der Waals surface area contributed by atoms with Gasteiger partial charge in [0.25, 0.3) is 0 Å². The van der Waals surface area contributed by atoms with Gasteiger partial charge in [-0.3, -0.25) is 0 Å². The Balaban J connectivity index is 1.87. The summed E-state index contributed by atoms with van der Waals surface area (Å²) in [6.45, 7) is 5.72. The van der Waals surface area contributed by atoms with Gasteiger partial charge < -0.3 is 10.6 Å². The summed E-state index contributed by atoms with van der Waals surface area (Å²) in [6.07, 6.45) is 7.27. The minimum absolute atomic E-state index is 0.327. The maximum Gasteiger partial charge on any atom is 0.0139 e. The highest BCUT2D eigenvalue weighted by Crippen LogP contribution is 2.32. The van der Waals surface area contributed by atoms with Crippen molar-refractivity contribution in [1.29, 1.82) is 0 Å². The Morgan fingerprint density at radius 1 is 1.31 bits per heavy atom. The van der Waals surface area contributed by atoms with Crippen LogP contribution in [0.5, 0.6) is 0 Å². The van der Waals surface area contributed by atoms with Gasteiger partial charge in [-0.05, 0) is 31.6 Å². The summed E-state index contributed by atoms with van der Waals surface area (Å²) < 4.78 is 0. The smallest absolute Gasteiger partial charge is 0.0139 e. The van der Waals surface area contributed by atoms with E-state index in [0.717, 1.165) is 18.4 Å². The third-order valence-corrected chi connectivity index (χ3v) is 3.24. The molecular weight excluding hydrogens is 160 g/mol. The lowest BCUT2D eigenvalue weighted by Gasteiger charge is -2.18. The van der Waals surface area contributed by atoms with Crippen LogP contribution in [-0.4, -0.2) is 30.6 Å². The van der Waals surface area contributed by atoms with E-state index >= 15 is 0 Å². The van der Waals surface area contributed by atoms with Gasteiger partial charge in [-0.15, -0.1) is 0 Å². The fraction of sp³-hybridized carbons (Fsp3) is 0.818. The van der Waals surface area contributed by atoms with Gasteiger partial charge in [0, 0.05) is 25.7 Å². The average Bonchev–Trinajstić information content (AvgIpc) is 2.44. The molecule has 2 nitrogen and oxygen atoms in total. The maximum absolute atomic E-state index is 5.80. The number of fused-ring (bicyclic) bond motifs is 1. The Bertz CT molecular complexity index is 182. The van der Waals surface area contributed by atoms with Crippen molar-refractivity contribution in [2.24, 2.45) is 17.6 Å². The predicted octanol–water partition coefficient (Wildman–Crippen LogP) is 1.23. The van der Waals surface area contributed by atoms with Crippen molar-refractivity contribution < 1.29 is 0 Å². The van der Waals surface area contributed by atoms with Gasteiger partial charge in [-0.1, -0.05) is 12.2 Å². The Morgan fingerprint density at radius 3 is 2.31 bits per heavy atom. The largest absolute Gasteiger partial charge is 0.327 e. The van der Waals surface area contributed by atoms with Gasteiger partial charge in [0.2, 0.25) is 0 Å². The first-order valence-corrected chi connectivity index (χ1v) is 5.38. The number of hydrogen-bond donors (Lipinski definition) is 1. The van der Waals surface area contributed by atoms with E-state index < -0.39 is 0 Å². The van der Waals surface area contributed by atoms with Crippen LogP contribution in [0.1, 0.15) is 19.8 Å². The minimum atomic E-state index is 0.327. The second kappa shape index (κ2) is 3.81. The highest BCUT2D eigenvalue weighted by Gasteiger charge is 2.32. The molecule has 0 aromatic heterocycles. The van der Waals surface area contributed by atoms with E-state index in [9.17, 15) is 0 Å². The molecule has 74 valence electrons. The van der Waals surface area contributed by atoms with Crippen molar-refractivity contribution in [2.75, 3.05) is 19.6 Å². The molecule has 2 heteroatoms. The summed E-state index contributed by atoms with van der Waals surface area (Å²) in [5, 5.41) is 0. The topological polar surface area (TPSA) is 29.3 Å². The molecule has 1 aliphatic heterocycles. The highest BCUT2D eigenvalue weighted by molar-refractivity contribution is 4.99. The molecule has 0 aromatic rings. The molecule has 2 unspecified atom stereocenters. The second-order valence-electron chi connectivity index (χ2n) is 4.66. The molecule has 0 amide bonds. The fourth-order valence-electron chi connectivity index (χ4n) is 2.67. The molecule has 2 aliphatic rings. The average molecular weight is 180 g/mol. The van der Waals surface area contributed by atoms with Crippen LogP contribution in [0.25, 0.3) is 0 Å². The standard InChI is InChI=1S/C11H20N2/c1-9(12)6-13-7-10-4-2-3-5-11(10)8-13/h2-3,9-11H,4-8,12H2,1H3/t9-,10?,11?/m1/s1. The normalized spacial score (nSPS) is 36.2. The van der Waals surface area contributed by atoms with E-state index in [4.69, 9.17) is 5.73 Å². The molecule has 1 saturated heterocycles. The molecule has 1 fully saturated rings. The zero-order valence-electron chi connectivity index (χ0n) is 8.45. The molecule has 0 bridgehead atoms. The lowest BCUT2D eigenvalue weighted by Crippen LogP contribution is -2.34. The highest BCUT2D eigenvalue weighted by atomic mass is 15.2. The number of rotatable bonds is 2. The van der Waals surface area contributed by atoms with E-state index in [2.05, 4.69) is 24.0 Å². The summed E-state index contributed by atoms with van der Waals surface area (Å²) in [7, 11) is 0. The van der Waals surface area contributed by atoms with Gasteiger partial charge in [-0.2, -0.15) is 0 Å². The lowest BCUT2D eigenvalue weighted by atomic mass is 9.86. The lowest BCUT2D eigenvalue weighted by molar-refractivity contribution is 0.305. The van der Waals surface area contributed by atoms with Crippen molar-refractivity contribution in [1.82, 2.24) is 4.90 Å². The van der Waals surface area contributed by atoms with Gasteiger partial charge in [0.05, 0.1) is 0 Å². The minimum Gasteiger partial charge on any atom is -0.327 e. The SMILES string of the molecule is C[C@@H](N)CN1CC2CC=CCC2C1. The van der Waals surface area contributed by atoms with Crippen LogP contribution in [0.3, 0.4) is 0 Å². The van der Waals surface area contributed by atoms with E-state index in [1.54, 1.807) is 0 Å². The van der Waals surface area contributed by atoms with Crippen LogP contribution in [0.2, 0.25) is 0 Å². The van der Waals surface area contributed by atoms with Crippen molar-refractivity contribution in [3.05, 3.63) is 12.2 Å². The van der Waals surface area contributed by atoms with Crippen LogP contribution in [0.4, 0.5) is 0 Å². The molecule has 2 N–H and O–H groups in total. The first-order valence-electron chi connectivity index (χ1n) is 5.38. The third-order valence-electron chi connectivity index (χ3n) is 3.24. The molecular formula is C11H20N2. The first kappa shape index (κ1) is 9.22. The number of likely N-dealkylation sites (tertiary alicyclic amines) is 1.